The molecular weight excluding hydrogens is 188 g/mol. The Hall–Kier alpha value is -0.540. The summed E-state index contributed by atoms with van der Waals surface area (Å²) in [5.74, 6) is 0. The van der Waals surface area contributed by atoms with Gasteiger partial charge in [0.05, 0.1) is 5.69 Å². The molecule has 4 heteroatoms. The van der Waals surface area contributed by atoms with E-state index in [1.54, 1.807) is 0 Å². The summed E-state index contributed by atoms with van der Waals surface area (Å²) in [7, 11) is 0. The van der Waals surface area contributed by atoms with E-state index < -0.39 is 0 Å². The van der Waals surface area contributed by atoms with Crippen molar-refractivity contribution >= 4 is 0 Å². The Morgan fingerprint density at radius 3 is 2.46 bits per heavy atom. The maximum Gasteiger partial charge on any atom is 0.210 e. The molecule has 3 nitrogen and oxygen atoms in total. The summed E-state index contributed by atoms with van der Waals surface area (Å²) in [6, 6.07) is 2.07. The molecule has 0 aromatic carbocycles. The number of hydrogen-bond donors (Lipinski definition) is 2. The van der Waals surface area contributed by atoms with E-state index in [0.717, 1.165) is 5.69 Å². The monoisotopic (exact) mass is 204 g/mol. The van der Waals surface area contributed by atoms with Gasteiger partial charge in [0, 0.05) is 24.5 Å². The Labute approximate surface area is 85.0 Å². The van der Waals surface area contributed by atoms with Gasteiger partial charge in [0.2, 0.25) is 5.69 Å². The fourth-order valence-electron chi connectivity index (χ4n) is 1.05. The van der Waals surface area contributed by atoms with Crippen molar-refractivity contribution in [3.8, 4) is 0 Å². The predicted octanol–water partition coefficient (Wildman–Crippen LogP) is -2.33. The van der Waals surface area contributed by atoms with Crippen LogP contribution in [0.3, 0.4) is 0 Å². The van der Waals surface area contributed by atoms with Crippen molar-refractivity contribution in [1.82, 2.24) is 5.10 Å². The van der Waals surface area contributed by atoms with Gasteiger partial charge < -0.3 is 17.5 Å². The third kappa shape index (κ3) is 3.36. The van der Waals surface area contributed by atoms with Crippen molar-refractivity contribution < 1.29 is 22.6 Å². The van der Waals surface area contributed by atoms with Crippen LogP contribution >= 0.6 is 0 Å². The highest BCUT2D eigenvalue weighted by Gasteiger charge is 2.22. The van der Waals surface area contributed by atoms with E-state index in [1.807, 2.05) is 0 Å². The average molecular weight is 205 g/mol. The lowest BCUT2D eigenvalue weighted by molar-refractivity contribution is -0.465. The number of aromatic nitrogens is 2. The molecule has 0 unspecified atom stereocenters. The number of H-pyrrole nitrogens is 2. The first-order valence-corrected chi connectivity index (χ1v) is 4.25. The van der Waals surface area contributed by atoms with E-state index in [9.17, 15) is 0 Å². The van der Waals surface area contributed by atoms with Gasteiger partial charge in [-0.05, 0) is 0 Å². The van der Waals surface area contributed by atoms with E-state index >= 15 is 0 Å². The van der Waals surface area contributed by atoms with E-state index in [1.165, 1.54) is 5.69 Å². The molecule has 13 heavy (non-hydrogen) atoms. The quantitative estimate of drug-likeness (QED) is 0.558. The van der Waals surface area contributed by atoms with Gasteiger partial charge >= 0.3 is 0 Å². The summed E-state index contributed by atoms with van der Waals surface area (Å²) < 4.78 is 0. The molecule has 0 saturated heterocycles. The highest BCUT2D eigenvalue weighted by atomic mass is 35.5. The molecule has 1 aromatic heterocycles. The molecule has 0 aliphatic rings. The molecule has 0 aliphatic heterocycles. The first-order chi connectivity index (χ1) is 5.54. The van der Waals surface area contributed by atoms with E-state index in [-0.39, 0.29) is 24.4 Å². The summed E-state index contributed by atoms with van der Waals surface area (Å²) in [6.07, 6.45) is 0.687. The highest BCUT2D eigenvalue weighted by Crippen LogP contribution is 2.17. The van der Waals surface area contributed by atoms with Crippen molar-refractivity contribution in [2.45, 2.75) is 32.6 Å². The second-order valence-electron chi connectivity index (χ2n) is 4.06. The molecule has 0 radical (unpaired) electrons. The van der Waals surface area contributed by atoms with Crippen molar-refractivity contribution in [2.24, 2.45) is 0 Å². The molecule has 0 atom stereocenters. The number of rotatable bonds is 2. The predicted molar refractivity (Wildman–Crippen MR) is 46.8 cm³/mol. The zero-order valence-electron chi connectivity index (χ0n) is 8.32. The minimum atomic E-state index is 0. The molecule has 0 spiro atoms. The Kier molecular flexibility index (Phi) is 4.44. The fraction of sp³-hybridized carbons (Fsp3) is 0.667. The van der Waals surface area contributed by atoms with Crippen LogP contribution in [0.5, 0.6) is 0 Å². The molecule has 1 heterocycles. The van der Waals surface area contributed by atoms with Crippen molar-refractivity contribution in [2.75, 3.05) is 6.61 Å². The minimum Gasteiger partial charge on any atom is -1.00 e. The number of nitrogens with one attached hydrogen (secondary N) is 2. The standard InChI is InChI=1S/C9H16N2O.ClH/c1-9(2,3)8-6-7(4-5-12)10-11-8;/h6,12H,4-5H2,1-3H3,(H,10,11);1H. The van der Waals surface area contributed by atoms with Gasteiger partial charge in [-0.3, -0.25) is 0 Å². The first-order valence-electron chi connectivity index (χ1n) is 4.25. The van der Waals surface area contributed by atoms with Crippen LogP contribution in [0.25, 0.3) is 0 Å². The average Bonchev–Trinajstić information content (AvgIpc) is 2.35. The van der Waals surface area contributed by atoms with Gasteiger partial charge in [-0.2, -0.15) is 5.10 Å². The number of aliphatic hydroxyl groups excluding tert-OH is 1. The summed E-state index contributed by atoms with van der Waals surface area (Å²) >= 11 is 0. The molecule has 76 valence electrons. The second kappa shape index (κ2) is 4.63. The summed E-state index contributed by atoms with van der Waals surface area (Å²) in [6.45, 7) is 6.64. The van der Waals surface area contributed by atoms with Crippen molar-refractivity contribution in [3.05, 3.63) is 17.5 Å². The molecule has 1 rings (SSSR count). The SMILES string of the molecule is CC(C)(C)c1cc(CCO)[nH][nH+]1.[Cl-]. The fourth-order valence-corrected chi connectivity index (χ4v) is 1.05. The molecule has 1 aromatic rings. The van der Waals surface area contributed by atoms with Crippen LogP contribution in [0.2, 0.25) is 0 Å². The highest BCUT2D eigenvalue weighted by molar-refractivity contribution is 5.11. The van der Waals surface area contributed by atoms with Gasteiger partial charge in [0.15, 0.2) is 0 Å². The van der Waals surface area contributed by atoms with Crippen molar-refractivity contribution in [3.63, 3.8) is 0 Å². The summed E-state index contributed by atoms with van der Waals surface area (Å²) in [5.41, 5.74) is 2.37. The van der Waals surface area contributed by atoms with Gasteiger partial charge in [0.25, 0.3) is 0 Å². The Balaban J connectivity index is 0.00000144. The normalized spacial score (nSPS) is 11.1. The van der Waals surface area contributed by atoms with Crippen LogP contribution in [-0.4, -0.2) is 16.8 Å². The minimum absolute atomic E-state index is 0. The maximum atomic E-state index is 8.70. The van der Waals surface area contributed by atoms with Crippen LogP contribution in [0.15, 0.2) is 6.07 Å². The lowest BCUT2D eigenvalue weighted by Gasteiger charge is -2.08. The largest absolute Gasteiger partial charge is 1.00 e. The number of aromatic amines is 2. The lowest BCUT2D eigenvalue weighted by atomic mass is 9.92. The van der Waals surface area contributed by atoms with Crippen LogP contribution in [0.1, 0.15) is 32.2 Å². The zero-order valence-corrected chi connectivity index (χ0v) is 9.07. The Morgan fingerprint density at radius 1 is 1.46 bits per heavy atom. The van der Waals surface area contributed by atoms with Gasteiger partial charge in [-0.15, -0.1) is 5.10 Å². The van der Waals surface area contributed by atoms with E-state index in [2.05, 4.69) is 37.0 Å². The maximum absolute atomic E-state index is 8.70. The van der Waals surface area contributed by atoms with Crippen LogP contribution in [0, 0.1) is 0 Å². The second-order valence-corrected chi connectivity index (χ2v) is 4.06. The third-order valence-corrected chi connectivity index (χ3v) is 1.87. The molecule has 3 N–H and O–H groups in total. The molecule has 0 aliphatic carbocycles. The van der Waals surface area contributed by atoms with Crippen LogP contribution in [-0.2, 0) is 11.8 Å². The summed E-state index contributed by atoms with van der Waals surface area (Å²) in [4.78, 5) is 0. The lowest BCUT2D eigenvalue weighted by Crippen LogP contribution is -3.00. The molecule has 0 fully saturated rings. The topological polar surface area (TPSA) is 50.2 Å². The smallest absolute Gasteiger partial charge is 0.210 e. The van der Waals surface area contributed by atoms with Crippen molar-refractivity contribution in [1.29, 1.82) is 0 Å². The number of hydrogen-bond acceptors (Lipinski definition) is 1. The van der Waals surface area contributed by atoms with E-state index in [0.29, 0.717) is 6.42 Å². The number of halogens is 1. The molecule has 0 amide bonds. The third-order valence-electron chi connectivity index (χ3n) is 1.87. The first kappa shape index (κ1) is 12.5. The van der Waals surface area contributed by atoms with Gasteiger partial charge in [-0.25, -0.2) is 0 Å². The molecule has 0 saturated carbocycles. The van der Waals surface area contributed by atoms with E-state index in [4.69, 9.17) is 5.11 Å². The Bertz CT molecular complexity index is 252. The molecular formula is C9H17ClN2O. The van der Waals surface area contributed by atoms with Gasteiger partial charge in [-0.1, -0.05) is 20.8 Å². The zero-order chi connectivity index (χ0) is 9.19. The summed E-state index contributed by atoms with van der Waals surface area (Å²) in [5, 5.41) is 14.8. The number of aliphatic hydroxyl groups is 1. The van der Waals surface area contributed by atoms with Crippen LogP contribution in [0.4, 0.5) is 0 Å². The van der Waals surface area contributed by atoms with Gasteiger partial charge in [0.1, 0.15) is 0 Å². The molecule has 0 bridgehead atoms. The Morgan fingerprint density at radius 2 is 2.08 bits per heavy atom. The van der Waals surface area contributed by atoms with Crippen LogP contribution < -0.4 is 17.5 Å².